The highest BCUT2D eigenvalue weighted by atomic mass is 16.4. The summed E-state index contributed by atoms with van der Waals surface area (Å²) in [5.74, 6) is -0.972. The number of aromatic nitrogens is 1. The molecule has 0 aliphatic heterocycles. The van der Waals surface area contributed by atoms with E-state index in [0.717, 1.165) is 31.4 Å². The molecule has 2 fully saturated rings. The first-order valence-corrected chi connectivity index (χ1v) is 8.33. The van der Waals surface area contributed by atoms with Crippen LogP contribution in [0.15, 0.2) is 24.4 Å². The highest BCUT2D eigenvalue weighted by Gasteiger charge is 2.34. The van der Waals surface area contributed by atoms with Gasteiger partial charge in [-0.1, -0.05) is 6.07 Å². The molecule has 1 aromatic heterocycles. The van der Waals surface area contributed by atoms with Crippen molar-refractivity contribution < 1.29 is 14.7 Å². The van der Waals surface area contributed by atoms with Crippen LogP contribution in [0, 0.1) is 5.92 Å². The molecule has 124 valence electrons. The van der Waals surface area contributed by atoms with Crippen LogP contribution in [0.3, 0.4) is 0 Å². The van der Waals surface area contributed by atoms with Gasteiger partial charge in [0, 0.05) is 18.3 Å². The lowest BCUT2D eigenvalue weighted by Crippen LogP contribution is -2.47. The predicted octanol–water partition coefficient (Wildman–Crippen LogP) is 2.40. The second kappa shape index (κ2) is 6.98. The molecule has 3 rings (SSSR count). The number of amides is 2. The van der Waals surface area contributed by atoms with Crippen LogP contribution in [0.5, 0.6) is 0 Å². The van der Waals surface area contributed by atoms with Crippen LogP contribution >= 0.6 is 0 Å². The lowest BCUT2D eigenvalue weighted by atomic mass is 9.86. The van der Waals surface area contributed by atoms with Crippen molar-refractivity contribution >= 4 is 12.0 Å². The van der Waals surface area contributed by atoms with Gasteiger partial charge in [-0.3, -0.25) is 9.78 Å². The fraction of sp³-hybridized carbons (Fsp3) is 0.588. The number of carboxylic acids is 1. The molecule has 0 spiro atoms. The highest BCUT2D eigenvalue weighted by molar-refractivity contribution is 5.75. The van der Waals surface area contributed by atoms with Crippen molar-refractivity contribution in [3.05, 3.63) is 30.1 Å². The van der Waals surface area contributed by atoms with Gasteiger partial charge in [-0.05, 0) is 50.7 Å². The number of rotatable bonds is 5. The number of nitrogens with one attached hydrogen (secondary N) is 1. The molecule has 1 aromatic rings. The summed E-state index contributed by atoms with van der Waals surface area (Å²) >= 11 is 0. The van der Waals surface area contributed by atoms with Crippen LogP contribution in [0.4, 0.5) is 4.79 Å². The van der Waals surface area contributed by atoms with E-state index in [9.17, 15) is 9.59 Å². The number of nitrogens with zero attached hydrogens (tertiary/aromatic N) is 2. The maximum atomic E-state index is 12.6. The van der Waals surface area contributed by atoms with Crippen LogP contribution in [0.2, 0.25) is 0 Å². The molecule has 2 N–H and O–H groups in total. The summed E-state index contributed by atoms with van der Waals surface area (Å²) in [6.45, 7) is 0.530. The van der Waals surface area contributed by atoms with E-state index in [-0.39, 0.29) is 18.0 Å². The van der Waals surface area contributed by atoms with Crippen molar-refractivity contribution in [2.24, 2.45) is 5.92 Å². The smallest absolute Gasteiger partial charge is 0.318 e. The minimum absolute atomic E-state index is 0.0445. The van der Waals surface area contributed by atoms with Crippen LogP contribution in [-0.4, -0.2) is 39.1 Å². The molecule has 23 heavy (non-hydrogen) atoms. The second-order valence-electron chi connectivity index (χ2n) is 6.52. The highest BCUT2D eigenvalue weighted by Crippen LogP contribution is 2.29. The van der Waals surface area contributed by atoms with Gasteiger partial charge < -0.3 is 15.3 Å². The van der Waals surface area contributed by atoms with Crippen LogP contribution in [0.25, 0.3) is 0 Å². The van der Waals surface area contributed by atoms with Crippen LogP contribution < -0.4 is 5.32 Å². The topological polar surface area (TPSA) is 82.5 Å². The molecule has 0 saturated heterocycles. The van der Waals surface area contributed by atoms with Crippen molar-refractivity contribution in [2.45, 2.75) is 57.2 Å². The number of pyridine rings is 1. The number of hydrogen-bond donors (Lipinski definition) is 2. The maximum absolute atomic E-state index is 12.6. The Bertz CT molecular complexity index is 551. The fourth-order valence-corrected chi connectivity index (χ4v) is 3.16. The number of hydrogen-bond acceptors (Lipinski definition) is 3. The molecule has 0 radical (unpaired) electrons. The zero-order valence-corrected chi connectivity index (χ0v) is 13.1. The minimum atomic E-state index is -0.718. The summed E-state index contributed by atoms with van der Waals surface area (Å²) < 4.78 is 0. The third kappa shape index (κ3) is 4.21. The van der Waals surface area contributed by atoms with E-state index in [1.54, 1.807) is 6.20 Å². The summed E-state index contributed by atoms with van der Waals surface area (Å²) in [6.07, 6.45) is 6.60. The number of aliphatic carboxylic acids is 1. The summed E-state index contributed by atoms with van der Waals surface area (Å²) in [6, 6.07) is 6.08. The zero-order chi connectivity index (χ0) is 16.2. The molecule has 2 saturated carbocycles. The molecule has 0 aromatic carbocycles. The Balaban J connectivity index is 1.54. The average Bonchev–Trinajstić information content (AvgIpc) is 3.39. The largest absolute Gasteiger partial charge is 0.481 e. The quantitative estimate of drug-likeness (QED) is 0.873. The number of urea groups is 1. The third-order valence-electron chi connectivity index (χ3n) is 4.71. The zero-order valence-electron chi connectivity index (χ0n) is 13.1. The molecule has 2 amide bonds. The predicted molar refractivity (Wildman–Crippen MR) is 84.7 cm³/mol. The standard InChI is InChI=1S/C17H23N3O3/c21-16(22)12-4-6-13(7-5-12)19-17(23)20(15-8-9-15)11-14-3-1-2-10-18-14/h1-3,10,12-13,15H,4-9,11H2,(H,19,23)(H,21,22). The van der Waals surface area contributed by atoms with E-state index in [0.29, 0.717) is 25.4 Å². The van der Waals surface area contributed by atoms with E-state index in [1.165, 1.54) is 0 Å². The minimum Gasteiger partial charge on any atom is -0.481 e. The van der Waals surface area contributed by atoms with Gasteiger partial charge in [-0.25, -0.2) is 4.79 Å². The Morgan fingerprint density at radius 1 is 1.17 bits per heavy atom. The van der Waals surface area contributed by atoms with E-state index < -0.39 is 5.97 Å². The molecule has 6 nitrogen and oxygen atoms in total. The lowest BCUT2D eigenvalue weighted by molar-refractivity contribution is -0.142. The van der Waals surface area contributed by atoms with Gasteiger partial charge in [0.25, 0.3) is 0 Å². The Morgan fingerprint density at radius 2 is 1.91 bits per heavy atom. The maximum Gasteiger partial charge on any atom is 0.318 e. The Kier molecular flexibility index (Phi) is 4.79. The normalized spacial score (nSPS) is 24.0. The van der Waals surface area contributed by atoms with Gasteiger partial charge in [0.15, 0.2) is 0 Å². The lowest BCUT2D eigenvalue weighted by Gasteiger charge is -2.30. The molecular weight excluding hydrogens is 294 g/mol. The average molecular weight is 317 g/mol. The fourth-order valence-electron chi connectivity index (χ4n) is 3.16. The van der Waals surface area contributed by atoms with Gasteiger partial charge in [0.2, 0.25) is 0 Å². The molecular formula is C17H23N3O3. The summed E-state index contributed by atoms with van der Waals surface area (Å²) in [7, 11) is 0. The molecule has 6 heteroatoms. The molecule has 2 aliphatic rings. The van der Waals surface area contributed by atoms with E-state index in [2.05, 4.69) is 10.3 Å². The van der Waals surface area contributed by atoms with Crippen LogP contribution in [0.1, 0.15) is 44.2 Å². The van der Waals surface area contributed by atoms with Crippen molar-refractivity contribution in [3.63, 3.8) is 0 Å². The van der Waals surface area contributed by atoms with E-state index in [1.807, 2.05) is 23.1 Å². The molecule has 2 aliphatic carbocycles. The second-order valence-corrected chi connectivity index (χ2v) is 6.52. The van der Waals surface area contributed by atoms with Gasteiger partial charge in [0.05, 0.1) is 18.2 Å². The Hall–Kier alpha value is -2.11. The number of carboxylic acid groups (broad SMARTS) is 1. The van der Waals surface area contributed by atoms with Crippen molar-refractivity contribution in [3.8, 4) is 0 Å². The van der Waals surface area contributed by atoms with Crippen molar-refractivity contribution in [1.29, 1.82) is 0 Å². The van der Waals surface area contributed by atoms with Gasteiger partial charge in [-0.2, -0.15) is 0 Å². The first kappa shape index (κ1) is 15.8. The third-order valence-corrected chi connectivity index (χ3v) is 4.71. The van der Waals surface area contributed by atoms with Gasteiger partial charge >= 0.3 is 12.0 Å². The number of carbonyl (C=O) groups excluding carboxylic acids is 1. The van der Waals surface area contributed by atoms with Crippen molar-refractivity contribution in [1.82, 2.24) is 15.2 Å². The molecule has 1 heterocycles. The van der Waals surface area contributed by atoms with Crippen LogP contribution in [-0.2, 0) is 11.3 Å². The van der Waals surface area contributed by atoms with Gasteiger partial charge in [0.1, 0.15) is 0 Å². The SMILES string of the molecule is O=C(O)C1CCC(NC(=O)N(Cc2ccccn2)C2CC2)CC1. The Labute approximate surface area is 135 Å². The van der Waals surface area contributed by atoms with Gasteiger partial charge in [-0.15, -0.1) is 0 Å². The molecule has 0 unspecified atom stereocenters. The summed E-state index contributed by atoms with van der Waals surface area (Å²) in [4.78, 5) is 29.7. The number of carbonyl (C=O) groups is 2. The summed E-state index contributed by atoms with van der Waals surface area (Å²) in [5, 5.41) is 12.1. The van der Waals surface area contributed by atoms with Crippen molar-refractivity contribution in [2.75, 3.05) is 0 Å². The first-order valence-electron chi connectivity index (χ1n) is 8.33. The first-order chi connectivity index (χ1) is 11.1. The monoisotopic (exact) mass is 317 g/mol. The Morgan fingerprint density at radius 3 is 2.48 bits per heavy atom. The molecule has 0 bridgehead atoms. The van der Waals surface area contributed by atoms with E-state index >= 15 is 0 Å². The molecule has 0 atom stereocenters. The van der Waals surface area contributed by atoms with E-state index in [4.69, 9.17) is 5.11 Å². The summed E-state index contributed by atoms with van der Waals surface area (Å²) in [5.41, 5.74) is 0.893.